The number of nitriles is 1. The molecule has 1 aliphatic heterocycles. The molecule has 0 saturated carbocycles. The van der Waals surface area contributed by atoms with Crippen LogP contribution in [0.1, 0.15) is 44.2 Å². The highest BCUT2D eigenvalue weighted by atomic mass is 35.5. The largest absolute Gasteiger partial charge is 0.362 e. The van der Waals surface area contributed by atoms with Crippen molar-refractivity contribution in [1.82, 2.24) is 4.90 Å². The lowest BCUT2D eigenvalue weighted by molar-refractivity contribution is -0.129. The summed E-state index contributed by atoms with van der Waals surface area (Å²) in [6.45, 7) is 4.68. The second kappa shape index (κ2) is 9.44. The predicted octanol–water partition coefficient (Wildman–Crippen LogP) is 5.29. The van der Waals surface area contributed by atoms with Crippen LogP contribution in [0.5, 0.6) is 0 Å². The second-order valence-corrected chi connectivity index (χ2v) is 7.92. The van der Waals surface area contributed by atoms with Gasteiger partial charge in [0.05, 0.1) is 16.6 Å². The fraction of sp³-hybridized carbons (Fsp3) is 0.391. The zero-order valence-corrected chi connectivity index (χ0v) is 17.8. The molecule has 0 aromatic heterocycles. The molecule has 2 aromatic carbocycles. The summed E-state index contributed by atoms with van der Waals surface area (Å²) in [6.07, 6.45) is 2.00. The Bertz CT molecular complexity index is 971. The molecule has 1 atom stereocenters. The molecule has 158 valence electrons. The third-order valence-corrected chi connectivity index (χ3v) is 6.03. The normalized spacial score (nSPS) is 16.2. The minimum Gasteiger partial charge on any atom is -0.362 e. The molecule has 2 aromatic rings. The number of carbonyl (C=O) groups excluding carboxylic acids is 1. The van der Waals surface area contributed by atoms with Crippen LogP contribution in [0.3, 0.4) is 0 Å². The molecule has 1 saturated heterocycles. The van der Waals surface area contributed by atoms with Crippen LogP contribution in [0.4, 0.5) is 14.5 Å². The number of nitrogens with zero attached hydrogens (tertiary/aromatic N) is 3. The lowest BCUT2D eigenvalue weighted by Crippen LogP contribution is -2.40. The van der Waals surface area contributed by atoms with Crippen molar-refractivity contribution < 1.29 is 13.6 Å². The van der Waals surface area contributed by atoms with Gasteiger partial charge in [0.1, 0.15) is 17.7 Å². The summed E-state index contributed by atoms with van der Waals surface area (Å²) < 4.78 is 28.1. The number of anilines is 1. The molecule has 1 aliphatic rings. The van der Waals surface area contributed by atoms with Gasteiger partial charge in [0.25, 0.3) is 0 Å². The molecule has 0 bridgehead atoms. The standard InChI is InChI=1S/C23H24ClF2N3O/c1-3-18(4-2)29-14-20(11-23(29)30)28(13-16-9-17(25)6-8-22(16)26)19-7-5-15(12-27)21(24)10-19/h5-10,18,20H,3-4,11,13-14H2,1-2H3/t20-/m0/s1. The Balaban J connectivity index is 1.98. The maximum absolute atomic E-state index is 14.4. The Hall–Kier alpha value is -2.65. The molecule has 30 heavy (non-hydrogen) atoms. The first-order chi connectivity index (χ1) is 14.4. The minimum atomic E-state index is -0.523. The maximum Gasteiger partial charge on any atom is 0.225 e. The third kappa shape index (κ3) is 4.57. The summed E-state index contributed by atoms with van der Waals surface area (Å²) in [6, 6.07) is 10.3. The summed E-state index contributed by atoms with van der Waals surface area (Å²) in [5.41, 5.74) is 1.19. The van der Waals surface area contributed by atoms with E-state index in [0.717, 1.165) is 25.0 Å². The average Bonchev–Trinajstić information content (AvgIpc) is 3.10. The number of hydrogen-bond donors (Lipinski definition) is 0. The number of amides is 1. The van der Waals surface area contributed by atoms with Gasteiger partial charge in [-0.1, -0.05) is 25.4 Å². The van der Waals surface area contributed by atoms with Gasteiger partial charge in [-0.3, -0.25) is 4.79 Å². The molecule has 0 spiro atoms. The van der Waals surface area contributed by atoms with Crippen LogP contribution in [0.2, 0.25) is 5.02 Å². The lowest BCUT2D eigenvalue weighted by Gasteiger charge is -2.33. The zero-order valence-electron chi connectivity index (χ0n) is 17.0. The molecule has 3 rings (SSSR count). The first kappa shape index (κ1) is 22.0. The van der Waals surface area contributed by atoms with Crippen LogP contribution in [-0.2, 0) is 11.3 Å². The Kier molecular flexibility index (Phi) is 6.94. The van der Waals surface area contributed by atoms with Crippen molar-refractivity contribution in [3.05, 3.63) is 64.2 Å². The molecule has 1 heterocycles. The lowest BCUT2D eigenvalue weighted by atomic mass is 10.1. The Morgan fingerprint density at radius 2 is 1.97 bits per heavy atom. The molecule has 0 radical (unpaired) electrons. The van der Waals surface area contributed by atoms with E-state index >= 15 is 0 Å². The van der Waals surface area contributed by atoms with Crippen LogP contribution in [-0.4, -0.2) is 29.4 Å². The van der Waals surface area contributed by atoms with E-state index in [1.807, 2.05) is 15.9 Å². The first-order valence-corrected chi connectivity index (χ1v) is 10.4. The van der Waals surface area contributed by atoms with Crippen molar-refractivity contribution in [1.29, 1.82) is 5.26 Å². The summed E-state index contributed by atoms with van der Waals surface area (Å²) in [5.74, 6) is -0.981. The van der Waals surface area contributed by atoms with Gasteiger partial charge in [0.2, 0.25) is 5.91 Å². The van der Waals surface area contributed by atoms with Crippen molar-refractivity contribution >= 4 is 23.2 Å². The minimum absolute atomic E-state index is 0.0538. The third-order valence-electron chi connectivity index (χ3n) is 5.72. The van der Waals surface area contributed by atoms with E-state index in [-0.39, 0.29) is 41.5 Å². The number of carbonyl (C=O) groups is 1. The summed E-state index contributed by atoms with van der Waals surface area (Å²) in [5, 5.41) is 9.43. The van der Waals surface area contributed by atoms with E-state index in [2.05, 4.69) is 13.8 Å². The zero-order chi connectivity index (χ0) is 21.8. The highest BCUT2D eigenvalue weighted by Gasteiger charge is 2.36. The van der Waals surface area contributed by atoms with Crippen molar-refractivity contribution in [3.8, 4) is 6.07 Å². The van der Waals surface area contributed by atoms with Crippen molar-refractivity contribution in [2.45, 2.75) is 51.7 Å². The van der Waals surface area contributed by atoms with Gasteiger partial charge in [0.15, 0.2) is 0 Å². The fourth-order valence-electron chi connectivity index (χ4n) is 4.06. The quantitative estimate of drug-likeness (QED) is 0.598. The van der Waals surface area contributed by atoms with Crippen LogP contribution in [0.25, 0.3) is 0 Å². The van der Waals surface area contributed by atoms with Crippen molar-refractivity contribution in [2.75, 3.05) is 11.4 Å². The summed E-state index contributed by atoms with van der Waals surface area (Å²) >= 11 is 6.23. The van der Waals surface area contributed by atoms with Gasteiger partial charge in [-0.05, 0) is 49.2 Å². The number of hydrogen-bond acceptors (Lipinski definition) is 3. The van der Waals surface area contributed by atoms with Gasteiger partial charge < -0.3 is 9.80 Å². The monoisotopic (exact) mass is 431 g/mol. The topological polar surface area (TPSA) is 47.3 Å². The second-order valence-electron chi connectivity index (χ2n) is 7.51. The van der Waals surface area contributed by atoms with Crippen LogP contribution in [0.15, 0.2) is 36.4 Å². The molecule has 1 amide bonds. The molecular formula is C23H24ClF2N3O. The molecule has 7 heteroatoms. The van der Waals surface area contributed by atoms with Gasteiger partial charge in [0, 0.05) is 36.8 Å². The predicted molar refractivity (Wildman–Crippen MR) is 113 cm³/mol. The Morgan fingerprint density at radius 3 is 2.60 bits per heavy atom. The van der Waals surface area contributed by atoms with Gasteiger partial charge in [-0.2, -0.15) is 5.26 Å². The Labute approximate surface area is 180 Å². The number of likely N-dealkylation sites (tertiary alicyclic amines) is 1. The maximum atomic E-state index is 14.4. The summed E-state index contributed by atoms with van der Waals surface area (Å²) in [7, 11) is 0. The molecule has 0 N–H and O–H groups in total. The fourth-order valence-corrected chi connectivity index (χ4v) is 4.27. The van der Waals surface area contributed by atoms with Crippen LogP contribution >= 0.6 is 11.6 Å². The number of rotatable bonds is 7. The molecule has 1 fully saturated rings. The van der Waals surface area contributed by atoms with E-state index in [9.17, 15) is 13.6 Å². The molecule has 0 unspecified atom stereocenters. The summed E-state index contributed by atoms with van der Waals surface area (Å²) in [4.78, 5) is 16.5. The molecule has 0 aliphatic carbocycles. The van der Waals surface area contributed by atoms with Crippen molar-refractivity contribution in [2.24, 2.45) is 0 Å². The first-order valence-electron chi connectivity index (χ1n) is 10.1. The number of benzene rings is 2. The molecular weight excluding hydrogens is 408 g/mol. The molecule has 4 nitrogen and oxygen atoms in total. The van der Waals surface area contributed by atoms with E-state index in [1.165, 1.54) is 6.07 Å². The van der Waals surface area contributed by atoms with Crippen LogP contribution in [0, 0.1) is 23.0 Å². The Morgan fingerprint density at radius 1 is 1.23 bits per heavy atom. The van der Waals surface area contributed by atoms with E-state index < -0.39 is 11.6 Å². The van der Waals surface area contributed by atoms with Gasteiger partial charge >= 0.3 is 0 Å². The van der Waals surface area contributed by atoms with E-state index in [4.69, 9.17) is 16.9 Å². The highest BCUT2D eigenvalue weighted by Crippen LogP contribution is 2.31. The van der Waals surface area contributed by atoms with E-state index in [1.54, 1.807) is 18.2 Å². The average molecular weight is 432 g/mol. The van der Waals surface area contributed by atoms with Gasteiger partial charge in [-0.25, -0.2) is 8.78 Å². The number of halogens is 3. The van der Waals surface area contributed by atoms with Crippen LogP contribution < -0.4 is 4.90 Å². The van der Waals surface area contributed by atoms with Crippen molar-refractivity contribution in [3.63, 3.8) is 0 Å². The highest BCUT2D eigenvalue weighted by molar-refractivity contribution is 6.32. The van der Waals surface area contributed by atoms with Gasteiger partial charge in [-0.15, -0.1) is 0 Å². The van der Waals surface area contributed by atoms with E-state index in [0.29, 0.717) is 17.8 Å². The SMILES string of the molecule is CCC(CC)N1C[C@@H](N(Cc2cc(F)ccc2F)c2ccc(C#N)c(Cl)c2)CC1=O. The smallest absolute Gasteiger partial charge is 0.225 e.